The highest BCUT2D eigenvalue weighted by atomic mass is 16.7. The third-order valence-corrected chi connectivity index (χ3v) is 6.03. The summed E-state index contributed by atoms with van der Waals surface area (Å²) in [6, 6.07) is 0. The number of ether oxygens (including phenoxy) is 4. The highest BCUT2D eigenvalue weighted by Gasteiger charge is 2.42. The normalized spacial score (nSPS) is 17.6. The van der Waals surface area contributed by atoms with Crippen LogP contribution in [0.3, 0.4) is 0 Å². The first-order chi connectivity index (χ1) is 17.1. The molecule has 1 fully saturated rings. The minimum Gasteiger partial charge on any atom is -0.444 e. The van der Waals surface area contributed by atoms with Gasteiger partial charge in [0, 0.05) is 6.61 Å². The maximum Gasteiger partial charge on any atom is 0.408 e. The zero-order valence-corrected chi connectivity index (χ0v) is 24.2. The summed E-state index contributed by atoms with van der Waals surface area (Å²) < 4.78 is 23.0. The number of hydrogen-bond donors (Lipinski definition) is 1. The van der Waals surface area contributed by atoms with Crippen LogP contribution < -0.4 is 5.32 Å². The minimum atomic E-state index is -0.740. The zero-order valence-electron chi connectivity index (χ0n) is 24.2. The van der Waals surface area contributed by atoms with Gasteiger partial charge in [-0.2, -0.15) is 0 Å². The Balaban J connectivity index is 2.13. The molecule has 6 heteroatoms. The van der Waals surface area contributed by atoms with E-state index in [-0.39, 0.29) is 0 Å². The molecule has 1 amide bonds. The molecule has 0 unspecified atom stereocenters. The first kappa shape index (κ1) is 32.7. The second kappa shape index (κ2) is 18.0. The van der Waals surface area contributed by atoms with Gasteiger partial charge in [0.05, 0.1) is 19.8 Å². The van der Waals surface area contributed by atoms with Crippen molar-refractivity contribution in [3.63, 3.8) is 0 Å². The Hall–Kier alpha value is -1.37. The van der Waals surface area contributed by atoms with Crippen molar-refractivity contribution in [3.05, 3.63) is 24.3 Å². The number of hydrogen-bond acceptors (Lipinski definition) is 5. The van der Waals surface area contributed by atoms with Gasteiger partial charge in [-0.1, -0.05) is 69.8 Å². The molecule has 0 aromatic heterocycles. The van der Waals surface area contributed by atoms with Gasteiger partial charge >= 0.3 is 6.09 Å². The second-order valence-corrected chi connectivity index (χ2v) is 11.5. The zero-order chi connectivity index (χ0) is 26.8. The van der Waals surface area contributed by atoms with E-state index in [4.69, 9.17) is 18.9 Å². The lowest BCUT2D eigenvalue weighted by atomic mass is 10.0. The highest BCUT2D eigenvalue weighted by molar-refractivity contribution is 5.69. The van der Waals surface area contributed by atoms with Crippen molar-refractivity contribution in [3.8, 4) is 0 Å². The molecule has 1 N–H and O–H groups in total. The third-order valence-electron chi connectivity index (χ3n) is 6.03. The van der Waals surface area contributed by atoms with Crippen LogP contribution in [0.2, 0.25) is 0 Å². The van der Waals surface area contributed by atoms with E-state index in [1.54, 1.807) is 0 Å². The molecule has 1 aliphatic rings. The fraction of sp³-hybridized carbons (Fsp3) is 0.833. The number of unbranched alkanes of at least 4 members (excludes halogenated alkanes) is 9. The van der Waals surface area contributed by atoms with Crippen molar-refractivity contribution in [1.82, 2.24) is 5.32 Å². The van der Waals surface area contributed by atoms with E-state index in [1.165, 1.54) is 57.8 Å². The molecule has 0 aromatic rings. The first-order valence-corrected chi connectivity index (χ1v) is 14.2. The molecule has 0 bridgehead atoms. The van der Waals surface area contributed by atoms with Crippen molar-refractivity contribution < 1.29 is 23.7 Å². The van der Waals surface area contributed by atoms with Crippen LogP contribution in [0.25, 0.3) is 0 Å². The van der Waals surface area contributed by atoms with Crippen molar-refractivity contribution in [2.24, 2.45) is 0 Å². The molecule has 1 rings (SSSR count). The summed E-state index contributed by atoms with van der Waals surface area (Å²) in [5, 5.41) is 2.94. The van der Waals surface area contributed by atoms with Gasteiger partial charge in [0.2, 0.25) is 0 Å². The van der Waals surface area contributed by atoms with Gasteiger partial charge in [0.25, 0.3) is 0 Å². The number of alkyl carbamates (subject to hydrolysis) is 1. The largest absolute Gasteiger partial charge is 0.444 e. The number of carbonyl (C=O) groups is 1. The molecule has 6 nitrogen and oxygen atoms in total. The number of allylic oxidation sites excluding steroid dienone is 4. The number of carbonyl (C=O) groups excluding carboxylic acids is 1. The lowest BCUT2D eigenvalue weighted by Gasteiger charge is -2.43. The molecule has 0 atom stereocenters. The Bertz CT molecular complexity index is 626. The summed E-state index contributed by atoms with van der Waals surface area (Å²) in [4.78, 5) is 12.4. The monoisotopic (exact) mass is 509 g/mol. The molecule has 1 aliphatic heterocycles. The van der Waals surface area contributed by atoms with Gasteiger partial charge in [0.1, 0.15) is 11.1 Å². The Morgan fingerprint density at radius 3 is 2.00 bits per heavy atom. The van der Waals surface area contributed by atoms with Crippen molar-refractivity contribution in [2.75, 3.05) is 26.4 Å². The predicted molar refractivity (Wildman–Crippen MR) is 148 cm³/mol. The minimum absolute atomic E-state index is 0.322. The molecule has 1 heterocycles. The molecule has 0 spiro atoms. The summed E-state index contributed by atoms with van der Waals surface area (Å²) in [5.41, 5.74) is -1.31. The van der Waals surface area contributed by atoms with Crippen molar-refractivity contribution >= 4 is 6.09 Å². The van der Waals surface area contributed by atoms with Crippen LogP contribution in [0.1, 0.15) is 119 Å². The van der Waals surface area contributed by atoms with E-state index >= 15 is 0 Å². The third kappa shape index (κ3) is 17.1. The van der Waals surface area contributed by atoms with Crippen molar-refractivity contribution in [2.45, 2.75) is 136 Å². The molecule has 210 valence electrons. The number of amides is 1. The second-order valence-electron chi connectivity index (χ2n) is 11.5. The van der Waals surface area contributed by atoms with E-state index in [1.807, 2.05) is 34.6 Å². The van der Waals surface area contributed by atoms with Crippen LogP contribution in [0.15, 0.2) is 24.3 Å². The van der Waals surface area contributed by atoms with Crippen LogP contribution in [-0.4, -0.2) is 49.4 Å². The summed E-state index contributed by atoms with van der Waals surface area (Å²) in [6.45, 7) is 13.2. The smallest absolute Gasteiger partial charge is 0.408 e. The fourth-order valence-electron chi connectivity index (χ4n) is 3.88. The maximum atomic E-state index is 12.4. The summed E-state index contributed by atoms with van der Waals surface area (Å²) >= 11 is 0. The standard InChI is InChI=1S/C30H55NO5/c1-7-8-9-10-11-12-13-14-15-16-17-18-19-20-21-22-23-33-24-30(25-34-29(5,6)35-26-30)31-27(32)36-28(2,3)4/h11-12,14-15H,7-10,13,16-26H2,1-6H3,(H,31,32)/b12-11-,15-14-. The molecule has 0 aliphatic carbocycles. The average Bonchev–Trinajstić information content (AvgIpc) is 2.79. The van der Waals surface area contributed by atoms with E-state index in [9.17, 15) is 4.79 Å². The Morgan fingerprint density at radius 1 is 0.861 bits per heavy atom. The predicted octanol–water partition coefficient (Wildman–Crippen LogP) is 7.86. The summed E-state index contributed by atoms with van der Waals surface area (Å²) in [5.74, 6) is -0.667. The van der Waals surface area contributed by atoms with Gasteiger partial charge in [-0.15, -0.1) is 0 Å². The maximum absolute atomic E-state index is 12.4. The van der Waals surface area contributed by atoms with Gasteiger partial charge < -0.3 is 24.3 Å². The molecular weight excluding hydrogens is 454 g/mol. The SMILES string of the molecule is CCCCC/C=C\C/C=C\CCCCCCCCOCC1(NC(=O)OC(C)(C)C)COC(C)(C)OC1. The molecule has 36 heavy (non-hydrogen) atoms. The Morgan fingerprint density at radius 2 is 1.42 bits per heavy atom. The van der Waals surface area contributed by atoms with Gasteiger partial charge in [0.15, 0.2) is 5.79 Å². The van der Waals surface area contributed by atoms with Gasteiger partial charge in [-0.3, -0.25) is 0 Å². The van der Waals surface area contributed by atoms with Gasteiger partial charge in [-0.25, -0.2) is 4.79 Å². The van der Waals surface area contributed by atoms with Crippen LogP contribution in [0, 0.1) is 0 Å². The van der Waals surface area contributed by atoms with Gasteiger partial charge in [-0.05, 0) is 73.1 Å². The Kier molecular flexibility index (Phi) is 16.3. The van der Waals surface area contributed by atoms with E-state index in [2.05, 4.69) is 36.5 Å². The van der Waals surface area contributed by atoms with Crippen LogP contribution >= 0.6 is 0 Å². The topological polar surface area (TPSA) is 66.0 Å². The summed E-state index contributed by atoms with van der Waals surface area (Å²) in [7, 11) is 0. The lowest BCUT2D eigenvalue weighted by molar-refractivity contribution is -0.275. The van der Waals surface area contributed by atoms with Crippen LogP contribution in [-0.2, 0) is 18.9 Å². The number of rotatable bonds is 18. The summed E-state index contributed by atoms with van der Waals surface area (Å²) in [6.07, 6.45) is 23.4. The molecule has 0 saturated carbocycles. The molecular formula is C30H55NO5. The number of nitrogens with one attached hydrogen (secondary N) is 1. The van der Waals surface area contributed by atoms with Crippen molar-refractivity contribution in [1.29, 1.82) is 0 Å². The average molecular weight is 510 g/mol. The van der Waals surface area contributed by atoms with E-state index in [0.29, 0.717) is 26.4 Å². The fourth-order valence-corrected chi connectivity index (χ4v) is 3.88. The van der Waals surface area contributed by atoms with E-state index in [0.717, 1.165) is 19.3 Å². The molecule has 0 aromatic carbocycles. The van der Waals surface area contributed by atoms with Crippen LogP contribution in [0.5, 0.6) is 0 Å². The van der Waals surface area contributed by atoms with E-state index < -0.39 is 23.0 Å². The quantitative estimate of drug-likeness (QED) is 0.150. The Labute approximate surface area is 221 Å². The molecule has 0 radical (unpaired) electrons. The lowest BCUT2D eigenvalue weighted by Crippen LogP contribution is -2.64. The first-order valence-electron chi connectivity index (χ1n) is 14.2. The molecule has 1 saturated heterocycles. The highest BCUT2D eigenvalue weighted by Crippen LogP contribution is 2.24. The van der Waals surface area contributed by atoms with Crippen LogP contribution in [0.4, 0.5) is 4.79 Å².